The highest BCUT2D eigenvalue weighted by Gasteiger charge is 2.19. The van der Waals surface area contributed by atoms with Gasteiger partial charge in [0, 0.05) is 22.7 Å². The number of nitrogens with one attached hydrogen (secondary N) is 1. The maximum atomic E-state index is 4.12. The lowest BCUT2D eigenvalue weighted by atomic mass is 9.89. The number of rotatable bonds is 0. The van der Waals surface area contributed by atoms with Crippen LogP contribution < -0.4 is 0 Å². The lowest BCUT2D eigenvalue weighted by Crippen LogP contribution is -2.12. The molecule has 0 saturated heterocycles. The van der Waals surface area contributed by atoms with Crippen LogP contribution in [0, 0.1) is 6.92 Å². The zero-order valence-electron chi connectivity index (χ0n) is 9.18. The Kier molecular flexibility index (Phi) is 1.88. The summed E-state index contributed by atoms with van der Waals surface area (Å²) in [5.41, 5.74) is 3.95. The van der Waals surface area contributed by atoms with Crippen molar-refractivity contribution in [2.45, 2.75) is 33.1 Å². The van der Waals surface area contributed by atoms with Crippen LogP contribution in [-0.4, -0.2) is 9.97 Å². The minimum Gasteiger partial charge on any atom is -0.356 e. The second kappa shape index (κ2) is 2.84. The van der Waals surface area contributed by atoms with Crippen molar-refractivity contribution in [1.82, 2.24) is 9.97 Å². The van der Waals surface area contributed by atoms with E-state index >= 15 is 0 Å². The fourth-order valence-corrected chi connectivity index (χ4v) is 1.93. The van der Waals surface area contributed by atoms with Crippen LogP contribution in [-0.2, 0) is 5.41 Å². The molecule has 0 bridgehead atoms. The van der Waals surface area contributed by atoms with E-state index in [1.54, 1.807) is 0 Å². The molecule has 0 unspecified atom stereocenters. The molecule has 1 N–H and O–H groups in total. The first kappa shape index (κ1) is 9.25. The Bertz CT molecular complexity index is 461. The number of aromatic amines is 1. The van der Waals surface area contributed by atoms with Crippen molar-refractivity contribution in [3.63, 3.8) is 0 Å². The smallest absolute Gasteiger partial charge is 0.0645 e. The summed E-state index contributed by atoms with van der Waals surface area (Å²) in [5.74, 6) is 0. The van der Waals surface area contributed by atoms with Crippen LogP contribution in [0.5, 0.6) is 0 Å². The Labute approximate surface area is 84.4 Å². The van der Waals surface area contributed by atoms with Gasteiger partial charge in [-0.15, -0.1) is 0 Å². The van der Waals surface area contributed by atoms with Crippen LogP contribution >= 0.6 is 0 Å². The van der Waals surface area contributed by atoms with Crippen molar-refractivity contribution < 1.29 is 0 Å². The van der Waals surface area contributed by atoms with Crippen LogP contribution in [0.15, 0.2) is 18.5 Å². The Hall–Kier alpha value is -1.31. The maximum absolute atomic E-state index is 4.12. The summed E-state index contributed by atoms with van der Waals surface area (Å²) < 4.78 is 0. The molecule has 2 rings (SSSR count). The SMILES string of the molecule is Cc1c(C(C)(C)C)[nH]c2cnccc12. The second-order valence-corrected chi connectivity index (χ2v) is 4.80. The lowest BCUT2D eigenvalue weighted by molar-refractivity contribution is 0.570. The van der Waals surface area contributed by atoms with Crippen molar-refractivity contribution in [1.29, 1.82) is 0 Å². The van der Waals surface area contributed by atoms with Gasteiger partial charge in [0.05, 0.1) is 11.7 Å². The van der Waals surface area contributed by atoms with Gasteiger partial charge in [0.15, 0.2) is 0 Å². The standard InChI is InChI=1S/C12H16N2/c1-8-9-5-6-13-7-10(9)14-11(8)12(2,3)4/h5-7,14H,1-4H3. The van der Waals surface area contributed by atoms with Crippen LogP contribution in [0.4, 0.5) is 0 Å². The molecule has 0 radical (unpaired) electrons. The van der Waals surface area contributed by atoms with Crippen molar-refractivity contribution in [3.05, 3.63) is 29.7 Å². The lowest BCUT2D eigenvalue weighted by Gasteiger charge is -2.17. The van der Waals surface area contributed by atoms with Gasteiger partial charge in [-0.3, -0.25) is 4.98 Å². The molecule has 2 aromatic heterocycles. The largest absolute Gasteiger partial charge is 0.356 e. The number of H-pyrrole nitrogens is 1. The molecule has 0 spiro atoms. The number of aromatic nitrogens is 2. The van der Waals surface area contributed by atoms with Gasteiger partial charge in [-0.25, -0.2) is 0 Å². The van der Waals surface area contributed by atoms with E-state index in [9.17, 15) is 0 Å². The molecule has 2 heterocycles. The zero-order valence-corrected chi connectivity index (χ0v) is 9.18. The zero-order chi connectivity index (χ0) is 10.3. The number of fused-ring (bicyclic) bond motifs is 1. The minimum atomic E-state index is 0.170. The highest BCUT2D eigenvalue weighted by atomic mass is 14.8. The highest BCUT2D eigenvalue weighted by molar-refractivity contribution is 5.83. The van der Waals surface area contributed by atoms with Gasteiger partial charge in [0.1, 0.15) is 0 Å². The van der Waals surface area contributed by atoms with Gasteiger partial charge in [0.25, 0.3) is 0 Å². The first-order valence-corrected chi connectivity index (χ1v) is 4.93. The fraction of sp³-hybridized carbons (Fsp3) is 0.417. The summed E-state index contributed by atoms with van der Waals surface area (Å²) >= 11 is 0. The molecular formula is C12H16N2. The summed E-state index contributed by atoms with van der Waals surface area (Å²) in [7, 11) is 0. The highest BCUT2D eigenvalue weighted by Crippen LogP contribution is 2.29. The number of pyridine rings is 1. The Morgan fingerprint density at radius 3 is 2.57 bits per heavy atom. The van der Waals surface area contributed by atoms with E-state index in [1.807, 2.05) is 12.4 Å². The Balaban J connectivity index is 2.75. The number of aryl methyl sites for hydroxylation is 1. The van der Waals surface area contributed by atoms with Crippen molar-refractivity contribution in [2.75, 3.05) is 0 Å². The minimum absolute atomic E-state index is 0.170. The molecule has 2 heteroatoms. The van der Waals surface area contributed by atoms with Gasteiger partial charge >= 0.3 is 0 Å². The molecule has 0 aliphatic heterocycles. The molecule has 0 saturated carbocycles. The average Bonchev–Trinajstić information content (AvgIpc) is 2.44. The molecule has 0 aliphatic carbocycles. The third-order valence-electron chi connectivity index (χ3n) is 2.61. The summed E-state index contributed by atoms with van der Waals surface area (Å²) in [6.07, 6.45) is 3.73. The first-order chi connectivity index (χ1) is 6.50. The van der Waals surface area contributed by atoms with Gasteiger partial charge in [-0.2, -0.15) is 0 Å². The predicted octanol–water partition coefficient (Wildman–Crippen LogP) is 3.17. The first-order valence-electron chi connectivity index (χ1n) is 4.93. The summed E-state index contributed by atoms with van der Waals surface area (Å²) in [4.78, 5) is 7.56. The van der Waals surface area contributed by atoms with E-state index in [4.69, 9.17) is 0 Å². The Morgan fingerprint density at radius 2 is 2.00 bits per heavy atom. The number of hydrogen-bond acceptors (Lipinski definition) is 1. The molecular weight excluding hydrogens is 172 g/mol. The van der Waals surface area contributed by atoms with E-state index in [-0.39, 0.29) is 5.41 Å². The van der Waals surface area contributed by atoms with Gasteiger partial charge in [-0.05, 0) is 18.6 Å². The summed E-state index contributed by atoms with van der Waals surface area (Å²) in [6.45, 7) is 8.83. The Morgan fingerprint density at radius 1 is 1.29 bits per heavy atom. The maximum Gasteiger partial charge on any atom is 0.0645 e. The molecule has 0 fully saturated rings. The van der Waals surface area contributed by atoms with Crippen molar-refractivity contribution in [2.24, 2.45) is 0 Å². The van der Waals surface area contributed by atoms with E-state index in [2.05, 4.69) is 43.7 Å². The van der Waals surface area contributed by atoms with Crippen LogP contribution in [0.1, 0.15) is 32.0 Å². The van der Waals surface area contributed by atoms with Crippen molar-refractivity contribution >= 4 is 10.9 Å². The molecule has 0 atom stereocenters. The normalized spacial score (nSPS) is 12.3. The number of nitrogens with zero attached hydrogens (tertiary/aromatic N) is 1. The molecule has 0 aliphatic rings. The van der Waals surface area contributed by atoms with Crippen LogP contribution in [0.2, 0.25) is 0 Å². The third-order valence-corrected chi connectivity index (χ3v) is 2.61. The van der Waals surface area contributed by atoms with Gasteiger partial charge in [-0.1, -0.05) is 20.8 Å². The van der Waals surface area contributed by atoms with Gasteiger partial charge < -0.3 is 4.98 Å². The van der Waals surface area contributed by atoms with Crippen LogP contribution in [0.3, 0.4) is 0 Å². The van der Waals surface area contributed by atoms with Gasteiger partial charge in [0.2, 0.25) is 0 Å². The molecule has 2 aromatic rings. The summed E-state index contributed by atoms with van der Waals surface area (Å²) in [5, 5.41) is 1.28. The van der Waals surface area contributed by atoms with E-state index < -0.39 is 0 Å². The molecule has 74 valence electrons. The predicted molar refractivity (Wildman–Crippen MR) is 59.5 cm³/mol. The van der Waals surface area contributed by atoms with E-state index in [0.29, 0.717) is 0 Å². The van der Waals surface area contributed by atoms with Crippen LogP contribution in [0.25, 0.3) is 10.9 Å². The quantitative estimate of drug-likeness (QED) is 0.676. The molecule has 2 nitrogen and oxygen atoms in total. The monoisotopic (exact) mass is 188 g/mol. The summed E-state index contributed by atoms with van der Waals surface area (Å²) in [6, 6.07) is 2.07. The third kappa shape index (κ3) is 1.31. The van der Waals surface area contributed by atoms with E-state index in [1.165, 1.54) is 16.6 Å². The second-order valence-electron chi connectivity index (χ2n) is 4.80. The molecule has 0 amide bonds. The number of hydrogen-bond donors (Lipinski definition) is 1. The molecule has 0 aromatic carbocycles. The van der Waals surface area contributed by atoms with E-state index in [0.717, 1.165) is 5.52 Å². The fourth-order valence-electron chi connectivity index (χ4n) is 1.93. The van der Waals surface area contributed by atoms with Crippen molar-refractivity contribution in [3.8, 4) is 0 Å². The molecule has 14 heavy (non-hydrogen) atoms. The topological polar surface area (TPSA) is 28.7 Å². The average molecular weight is 188 g/mol.